The Hall–Kier alpha value is -5.03. The van der Waals surface area contributed by atoms with Crippen LogP contribution in [-0.4, -0.2) is 23.9 Å². The average Bonchev–Trinajstić information content (AvgIpc) is 3.46. The van der Waals surface area contributed by atoms with Crippen LogP contribution in [0.5, 0.6) is 0 Å². The molecule has 0 saturated carbocycles. The molecule has 0 aliphatic heterocycles. The molecule has 36 heavy (non-hydrogen) atoms. The fourth-order valence-corrected chi connectivity index (χ4v) is 5.32. The van der Waals surface area contributed by atoms with Crippen LogP contribution in [0.15, 0.2) is 115 Å². The molecule has 0 aliphatic rings. The van der Waals surface area contributed by atoms with Crippen LogP contribution < -0.4 is 0 Å². The van der Waals surface area contributed by atoms with Gasteiger partial charge in [-0.25, -0.2) is 15.0 Å². The standard InChI is InChI=1S/C31H19N5/c1-2-10-20(11-3-1)30-22-13-4-6-14-24(22)33-31(34-30)36-26-15-7-5-12-21(26)23-18-28-25(19-27(23)36)32-29-16-8-9-17-35(28)29/h1-19H. The summed E-state index contributed by atoms with van der Waals surface area (Å²) in [5, 5.41) is 3.36. The van der Waals surface area contributed by atoms with Crippen LogP contribution >= 0.6 is 0 Å². The normalized spacial score (nSPS) is 11.9. The molecule has 168 valence electrons. The molecule has 0 fully saturated rings. The maximum absolute atomic E-state index is 5.16. The van der Waals surface area contributed by atoms with Gasteiger partial charge >= 0.3 is 0 Å². The number of imidazole rings is 1. The zero-order valence-electron chi connectivity index (χ0n) is 19.2. The lowest BCUT2D eigenvalue weighted by Gasteiger charge is -2.11. The van der Waals surface area contributed by atoms with E-state index in [4.69, 9.17) is 15.0 Å². The first kappa shape index (κ1) is 19.3. The number of hydrogen-bond acceptors (Lipinski definition) is 3. The zero-order chi connectivity index (χ0) is 23.6. The van der Waals surface area contributed by atoms with E-state index in [1.807, 2.05) is 48.5 Å². The van der Waals surface area contributed by atoms with Gasteiger partial charge in [0.15, 0.2) is 0 Å². The minimum atomic E-state index is 0.655. The van der Waals surface area contributed by atoms with Crippen molar-refractivity contribution in [1.82, 2.24) is 23.9 Å². The van der Waals surface area contributed by atoms with Gasteiger partial charge in [-0.3, -0.25) is 8.97 Å². The van der Waals surface area contributed by atoms with Gasteiger partial charge in [-0.1, -0.05) is 72.8 Å². The summed E-state index contributed by atoms with van der Waals surface area (Å²) in [6.07, 6.45) is 2.06. The lowest BCUT2D eigenvalue weighted by molar-refractivity contribution is 1.01. The monoisotopic (exact) mass is 461 g/mol. The number of hydrogen-bond donors (Lipinski definition) is 0. The lowest BCUT2D eigenvalue weighted by atomic mass is 10.1. The Morgan fingerprint density at radius 2 is 1.28 bits per heavy atom. The zero-order valence-corrected chi connectivity index (χ0v) is 19.2. The highest BCUT2D eigenvalue weighted by molar-refractivity contribution is 6.13. The highest BCUT2D eigenvalue weighted by Crippen LogP contribution is 2.35. The van der Waals surface area contributed by atoms with Crippen molar-refractivity contribution in [3.8, 4) is 17.2 Å². The summed E-state index contributed by atoms with van der Waals surface area (Å²) in [6, 6.07) is 37.5. The van der Waals surface area contributed by atoms with Gasteiger partial charge in [0.05, 0.1) is 33.3 Å². The molecular weight excluding hydrogens is 442 g/mol. The van der Waals surface area contributed by atoms with Crippen LogP contribution in [0, 0.1) is 0 Å². The lowest BCUT2D eigenvalue weighted by Crippen LogP contribution is -2.03. The summed E-state index contributed by atoms with van der Waals surface area (Å²) in [4.78, 5) is 15.1. The van der Waals surface area contributed by atoms with Crippen molar-refractivity contribution >= 4 is 49.4 Å². The van der Waals surface area contributed by atoms with Gasteiger partial charge in [-0.05, 0) is 36.4 Å². The number of fused-ring (bicyclic) bond motifs is 7. The van der Waals surface area contributed by atoms with E-state index in [-0.39, 0.29) is 0 Å². The van der Waals surface area contributed by atoms with Crippen molar-refractivity contribution in [2.75, 3.05) is 0 Å². The molecule has 0 N–H and O–H groups in total. The van der Waals surface area contributed by atoms with Crippen LogP contribution in [0.25, 0.3) is 66.6 Å². The van der Waals surface area contributed by atoms with E-state index >= 15 is 0 Å². The summed E-state index contributed by atoms with van der Waals surface area (Å²) in [6.45, 7) is 0. The Labute approximate surface area is 205 Å². The second kappa shape index (κ2) is 7.23. The Bertz CT molecular complexity index is 2100. The Morgan fingerprint density at radius 1 is 0.500 bits per heavy atom. The maximum Gasteiger partial charge on any atom is 0.235 e. The number of pyridine rings is 1. The first-order valence-corrected chi connectivity index (χ1v) is 12.0. The third kappa shape index (κ3) is 2.68. The second-order valence-corrected chi connectivity index (χ2v) is 9.01. The van der Waals surface area contributed by atoms with Gasteiger partial charge in [0.1, 0.15) is 5.65 Å². The fraction of sp³-hybridized carbons (Fsp3) is 0. The minimum absolute atomic E-state index is 0.655. The highest BCUT2D eigenvalue weighted by Gasteiger charge is 2.18. The van der Waals surface area contributed by atoms with E-state index in [1.165, 1.54) is 5.39 Å². The summed E-state index contributed by atoms with van der Waals surface area (Å²) in [5.41, 5.74) is 8.00. The Morgan fingerprint density at radius 3 is 2.19 bits per heavy atom. The Kier molecular flexibility index (Phi) is 3.88. The van der Waals surface area contributed by atoms with E-state index in [9.17, 15) is 0 Å². The molecule has 0 unspecified atom stereocenters. The minimum Gasteiger partial charge on any atom is -0.300 e. The van der Waals surface area contributed by atoms with Crippen LogP contribution in [0.3, 0.4) is 0 Å². The second-order valence-electron chi connectivity index (χ2n) is 9.01. The molecule has 0 atom stereocenters. The number of aromatic nitrogens is 5. The highest BCUT2D eigenvalue weighted by atomic mass is 15.2. The first-order valence-electron chi connectivity index (χ1n) is 12.0. The fourth-order valence-electron chi connectivity index (χ4n) is 5.32. The van der Waals surface area contributed by atoms with E-state index < -0.39 is 0 Å². The number of benzene rings is 4. The summed E-state index contributed by atoms with van der Waals surface area (Å²) in [5.74, 6) is 0.655. The summed E-state index contributed by atoms with van der Waals surface area (Å²) < 4.78 is 4.31. The van der Waals surface area contributed by atoms with Crippen LogP contribution in [0.1, 0.15) is 0 Å². The van der Waals surface area contributed by atoms with E-state index in [0.717, 1.165) is 55.3 Å². The molecule has 8 rings (SSSR count). The predicted molar refractivity (Wildman–Crippen MR) is 146 cm³/mol. The van der Waals surface area contributed by atoms with Crippen LogP contribution in [-0.2, 0) is 0 Å². The van der Waals surface area contributed by atoms with Gasteiger partial charge in [0.2, 0.25) is 5.95 Å². The molecule has 5 nitrogen and oxygen atoms in total. The quantitative estimate of drug-likeness (QED) is 0.274. The van der Waals surface area contributed by atoms with Gasteiger partial charge in [-0.2, -0.15) is 0 Å². The molecule has 0 saturated heterocycles. The van der Waals surface area contributed by atoms with Crippen LogP contribution in [0.4, 0.5) is 0 Å². The third-order valence-corrected chi connectivity index (χ3v) is 6.94. The van der Waals surface area contributed by atoms with Crippen molar-refractivity contribution in [3.05, 3.63) is 115 Å². The summed E-state index contributed by atoms with van der Waals surface area (Å²) in [7, 11) is 0. The molecule has 5 heteroatoms. The number of rotatable bonds is 2. The van der Waals surface area contributed by atoms with Gasteiger partial charge in [-0.15, -0.1) is 0 Å². The van der Waals surface area contributed by atoms with Gasteiger partial charge < -0.3 is 0 Å². The topological polar surface area (TPSA) is 48.0 Å². The van der Waals surface area contributed by atoms with Gasteiger partial charge in [0.25, 0.3) is 0 Å². The first-order chi connectivity index (χ1) is 17.8. The largest absolute Gasteiger partial charge is 0.300 e. The van der Waals surface area contributed by atoms with Crippen molar-refractivity contribution in [3.63, 3.8) is 0 Å². The Balaban J connectivity index is 1.52. The third-order valence-electron chi connectivity index (χ3n) is 6.94. The van der Waals surface area contributed by atoms with Crippen molar-refractivity contribution in [2.45, 2.75) is 0 Å². The molecule has 0 bridgehead atoms. The molecule has 0 amide bonds. The van der Waals surface area contributed by atoms with Crippen molar-refractivity contribution in [1.29, 1.82) is 0 Å². The molecule has 0 spiro atoms. The van der Waals surface area contributed by atoms with Crippen molar-refractivity contribution < 1.29 is 0 Å². The van der Waals surface area contributed by atoms with E-state index in [0.29, 0.717) is 5.95 Å². The van der Waals surface area contributed by atoms with E-state index in [1.54, 1.807) is 0 Å². The molecule has 8 aromatic rings. The predicted octanol–water partition coefficient (Wildman–Crippen LogP) is 7.19. The molecule has 0 aliphatic carbocycles. The number of nitrogens with zero attached hydrogens (tertiary/aromatic N) is 5. The molecule has 4 aromatic carbocycles. The van der Waals surface area contributed by atoms with Crippen LogP contribution in [0.2, 0.25) is 0 Å². The maximum atomic E-state index is 5.16. The summed E-state index contributed by atoms with van der Waals surface area (Å²) >= 11 is 0. The number of para-hydroxylation sites is 2. The molecule has 4 aromatic heterocycles. The smallest absolute Gasteiger partial charge is 0.235 e. The molecule has 0 radical (unpaired) electrons. The SMILES string of the molecule is c1ccc(-c2nc(-n3c4ccccc4c4cc5c(cc43)nc3ccccn35)nc3ccccc23)cc1. The molecule has 4 heterocycles. The van der Waals surface area contributed by atoms with E-state index in [2.05, 4.69) is 75.8 Å². The average molecular weight is 462 g/mol. The molecular formula is C31H19N5. The van der Waals surface area contributed by atoms with Crippen molar-refractivity contribution in [2.24, 2.45) is 0 Å². The van der Waals surface area contributed by atoms with Gasteiger partial charge in [0, 0.05) is 27.9 Å².